The maximum atomic E-state index is 13.0. The Kier molecular flexibility index (Phi) is 5.86. The number of carbonyl (C=O) groups excluding carboxylic acids is 1. The summed E-state index contributed by atoms with van der Waals surface area (Å²) in [6.45, 7) is 4.80. The van der Waals surface area contributed by atoms with Crippen LogP contribution in [-0.4, -0.2) is 24.5 Å². The number of nitrogens with one attached hydrogen (secondary N) is 1. The molecule has 0 saturated carbocycles. The van der Waals surface area contributed by atoms with Gasteiger partial charge in [-0.3, -0.25) is 4.79 Å². The largest absolute Gasteiger partial charge is 0.375 e. The first-order valence-corrected chi connectivity index (χ1v) is 9.61. The van der Waals surface area contributed by atoms with Crippen molar-refractivity contribution in [3.63, 3.8) is 0 Å². The Labute approximate surface area is 162 Å². The molecule has 6 heteroatoms. The molecule has 27 heavy (non-hydrogen) atoms. The molecule has 0 aliphatic rings. The van der Waals surface area contributed by atoms with Crippen molar-refractivity contribution in [2.75, 3.05) is 23.8 Å². The summed E-state index contributed by atoms with van der Waals surface area (Å²) < 4.78 is 13.0. The van der Waals surface area contributed by atoms with Crippen molar-refractivity contribution in [3.05, 3.63) is 75.5 Å². The van der Waals surface area contributed by atoms with Crippen LogP contribution in [0.25, 0.3) is 0 Å². The molecule has 1 aromatic heterocycles. The van der Waals surface area contributed by atoms with Crippen molar-refractivity contribution < 1.29 is 9.18 Å². The maximum absolute atomic E-state index is 13.0. The molecule has 0 radical (unpaired) electrons. The van der Waals surface area contributed by atoms with Gasteiger partial charge in [0.25, 0.3) is 5.91 Å². The molecule has 0 saturated heterocycles. The normalized spacial score (nSPS) is 10.7. The molecule has 1 heterocycles. The summed E-state index contributed by atoms with van der Waals surface area (Å²) in [7, 11) is 2.01. The zero-order chi connectivity index (χ0) is 19.4. The van der Waals surface area contributed by atoms with Gasteiger partial charge in [0.15, 0.2) is 0 Å². The minimum absolute atomic E-state index is 0.161. The molecule has 0 aliphatic heterocycles. The Morgan fingerprint density at radius 2 is 1.96 bits per heavy atom. The number of rotatable bonds is 6. The molecule has 0 unspecified atom stereocenters. The number of hydrogen-bond acceptors (Lipinski definition) is 4. The van der Waals surface area contributed by atoms with Crippen LogP contribution < -0.4 is 10.2 Å². The Morgan fingerprint density at radius 1 is 1.22 bits per heavy atom. The highest BCUT2D eigenvalue weighted by molar-refractivity contribution is 7.14. The highest BCUT2D eigenvalue weighted by Gasteiger charge is 2.16. The monoisotopic (exact) mass is 383 g/mol. The number of halogens is 1. The fourth-order valence-corrected chi connectivity index (χ4v) is 3.70. The summed E-state index contributed by atoms with van der Waals surface area (Å²) in [4.78, 5) is 19.9. The number of thiazole rings is 1. The standard InChI is InChI=1S/C21H22FN3OS/c1-4-25(3)18-7-5-6-17(13-18)24-21(26)20-14(2)23-19(27-20)12-15-8-10-16(22)11-9-15/h5-11,13H,4,12H2,1-3H3,(H,24,26). The van der Waals surface area contributed by atoms with Gasteiger partial charge >= 0.3 is 0 Å². The molecule has 0 aliphatic carbocycles. The van der Waals surface area contributed by atoms with Crippen LogP contribution in [0.3, 0.4) is 0 Å². The van der Waals surface area contributed by atoms with Crippen molar-refractivity contribution in [2.45, 2.75) is 20.3 Å². The summed E-state index contributed by atoms with van der Waals surface area (Å²) >= 11 is 1.37. The zero-order valence-corrected chi connectivity index (χ0v) is 16.4. The van der Waals surface area contributed by atoms with E-state index in [1.807, 2.05) is 38.2 Å². The number of hydrogen-bond donors (Lipinski definition) is 1. The lowest BCUT2D eigenvalue weighted by molar-refractivity contribution is 0.103. The van der Waals surface area contributed by atoms with E-state index < -0.39 is 0 Å². The summed E-state index contributed by atoms with van der Waals surface area (Å²) in [6.07, 6.45) is 0.579. The summed E-state index contributed by atoms with van der Waals surface area (Å²) in [5.41, 5.74) is 3.47. The number of aryl methyl sites for hydroxylation is 1. The molecule has 0 atom stereocenters. The second-order valence-electron chi connectivity index (χ2n) is 6.34. The Hall–Kier alpha value is -2.73. The Morgan fingerprint density at radius 3 is 2.67 bits per heavy atom. The molecule has 4 nitrogen and oxygen atoms in total. The molecular weight excluding hydrogens is 361 g/mol. The fourth-order valence-electron chi connectivity index (χ4n) is 2.71. The number of benzene rings is 2. The van der Waals surface area contributed by atoms with Crippen LogP contribution in [0.5, 0.6) is 0 Å². The van der Waals surface area contributed by atoms with Crippen LogP contribution >= 0.6 is 11.3 Å². The van der Waals surface area contributed by atoms with Gasteiger partial charge in [-0.2, -0.15) is 0 Å². The molecule has 140 valence electrons. The zero-order valence-electron chi connectivity index (χ0n) is 15.6. The maximum Gasteiger partial charge on any atom is 0.267 e. The van der Waals surface area contributed by atoms with E-state index in [9.17, 15) is 9.18 Å². The fraction of sp³-hybridized carbons (Fsp3) is 0.238. The van der Waals surface area contributed by atoms with E-state index in [1.54, 1.807) is 12.1 Å². The lowest BCUT2D eigenvalue weighted by atomic mass is 10.1. The van der Waals surface area contributed by atoms with Gasteiger partial charge in [0, 0.05) is 31.4 Å². The smallest absolute Gasteiger partial charge is 0.267 e. The van der Waals surface area contributed by atoms with Crippen molar-refractivity contribution in [3.8, 4) is 0 Å². The van der Waals surface area contributed by atoms with Gasteiger partial charge in [0.2, 0.25) is 0 Å². The van der Waals surface area contributed by atoms with Crippen LogP contribution in [0.15, 0.2) is 48.5 Å². The number of carbonyl (C=O) groups is 1. The second kappa shape index (κ2) is 8.31. The van der Waals surface area contributed by atoms with Gasteiger partial charge < -0.3 is 10.2 Å². The van der Waals surface area contributed by atoms with Crippen molar-refractivity contribution in [1.29, 1.82) is 0 Å². The first-order valence-electron chi connectivity index (χ1n) is 8.79. The Balaban J connectivity index is 1.74. The van der Waals surface area contributed by atoms with Crippen LogP contribution in [-0.2, 0) is 6.42 Å². The third kappa shape index (κ3) is 4.71. The average Bonchev–Trinajstić information content (AvgIpc) is 3.03. The van der Waals surface area contributed by atoms with E-state index >= 15 is 0 Å². The van der Waals surface area contributed by atoms with Gasteiger partial charge in [0.05, 0.1) is 10.7 Å². The molecule has 3 rings (SSSR count). The molecule has 0 spiro atoms. The van der Waals surface area contributed by atoms with Crippen molar-refractivity contribution in [2.24, 2.45) is 0 Å². The topological polar surface area (TPSA) is 45.2 Å². The third-order valence-electron chi connectivity index (χ3n) is 4.33. The third-order valence-corrected chi connectivity index (χ3v) is 5.49. The van der Waals surface area contributed by atoms with E-state index in [4.69, 9.17) is 0 Å². The van der Waals surface area contributed by atoms with E-state index in [-0.39, 0.29) is 11.7 Å². The van der Waals surface area contributed by atoms with Crippen LogP contribution in [0.4, 0.5) is 15.8 Å². The number of nitrogens with zero attached hydrogens (tertiary/aromatic N) is 2. The first-order chi connectivity index (χ1) is 13.0. The predicted molar refractivity (Wildman–Crippen MR) is 109 cm³/mol. The average molecular weight is 383 g/mol. The lowest BCUT2D eigenvalue weighted by Gasteiger charge is -2.17. The van der Waals surface area contributed by atoms with Crippen molar-refractivity contribution in [1.82, 2.24) is 4.98 Å². The summed E-state index contributed by atoms with van der Waals surface area (Å²) in [5, 5.41) is 3.80. The highest BCUT2D eigenvalue weighted by Crippen LogP contribution is 2.24. The van der Waals surface area contributed by atoms with Gasteiger partial charge in [-0.1, -0.05) is 18.2 Å². The van der Waals surface area contributed by atoms with E-state index in [0.29, 0.717) is 17.0 Å². The van der Waals surface area contributed by atoms with Crippen LogP contribution in [0, 0.1) is 12.7 Å². The molecule has 2 aromatic carbocycles. The SMILES string of the molecule is CCN(C)c1cccc(NC(=O)c2sc(Cc3ccc(F)cc3)nc2C)c1. The lowest BCUT2D eigenvalue weighted by Crippen LogP contribution is -2.16. The van der Waals surface area contributed by atoms with Crippen LogP contribution in [0.1, 0.15) is 32.9 Å². The molecule has 1 N–H and O–H groups in total. The first kappa shape index (κ1) is 19.0. The van der Waals surface area contributed by atoms with Gasteiger partial charge in [-0.15, -0.1) is 11.3 Å². The molecule has 3 aromatic rings. The molecule has 0 fully saturated rings. The van der Waals surface area contributed by atoms with Crippen molar-refractivity contribution >= 4 is 28.6 Å². The molecular formula is C21H22FN3OS. The van der Waals surface area contributed by atoms with Gasteiger partial charge in [-0.05, 0) is 49.7 Å². The second-order valence-corrected chi connectivity index (χ2v) is 7.43. The minimum Gasteiger partial charge on any atom is -0.375 e. The number of aromatic nitrogens is 1. The molecule has 1 amide bonds. The highest BCUT2D eigenvalue weighted by atomic mass is 32.1. The van der Waals surface area contributed by atoms with Crippen LogP contribution in [0.2, 0.25) is 0 Å². The Bertz CT molecular complexity index is 937. The van der Waals surface area contributed by atoms with E-state index in [1.165, 1.54) is 23.5 Å². The molecule has 0 bridgehead atoms. The quantitative estimate of drug-likeness (QED) is 0.659. The summed E-state index contributed by atoms with van der Waals surface area (Å²) in [6, 6.07) is 14.1. The summed E-state index contributed by atoms with van der Waals surface area (Å²) in [5.74, 6) is -0.420. The minimum atomic E-state index is -0.259. The number of anilines is 2. The van der Waals surface area contributed by atoms with Gasteiger partial charge in [-0.25, -0.2) is 9.37 Å². The number of amides is 1. The predicted octanol–water partition coefficient (Wildman–Crippen LogP) is 4.89. The van der Waals surface area contributed by atoms with E-state index in [2.05, 4.69) is 22.1 Å². The van der Waals surface area contributed by atoms with E-state index in [0.717, 1.165) is 28.5 Å². The van der Waals surface area contributed by atoms with Gasteiger partial charge in [0.1, 0.15) is 10.7 Å².